The van der Waals surface area contributed by atoms with E-state index in [1.165, 1.54) is 10.2 Å². The number of hydrogen-bond acceptors (Lipinski definition) is 5. The highest BCUT2D eigenvalue weighted by atomic mass is 79.9. The molecule has 0 aliphatic carbocycles. The fourth-order valence-corrected chi connectivity index (χ4v) is 4.45. The zero-order chi connectivity index (χ0) is 25.8. The number of halogens is 2. The predicted molar refractivity (Wildman–Crippen MR) is 152 cm³/mol. The van der Waals surface area contributed by atoms with Crippen molar-refractivity contribution in [2.24, 2.45) is 5.10 Å². The van der Waals surface area contributed by atoms with Gasteiger partial charge in [-0.15, -0.1) is 0 Å². The maximum Gasteiger partial charge on any atom is 0.282 e. The number of rotatable bonds is 8. The Morgan fingerprint density at radius 1 is 1.08 bits per heavy atom. The van der Waals surface area contributed by atoms with Crippen LogP contribution in [0.4, 0.5) is 0 Å². The van der Waals surface area contributed by atoms with E-state index in [1.807, 2.05) is 43.3 Å². The summed E-state index contributed by atoms with van der Waals surface area (Å²) in [5, 5.41) is 5.07. The summed E-state index contributed by atoms with van der Waals surface area (Å²) in [7, 11) is 1.60. The summed E-state index contributed by atoms with van der Waals surface area (Å²) in [5.41, 5.74) is 3.45. The van der Waals surface area contributed by atoms with Gasteiger partial charge in [0, 0.05) is 20.4 Å². The minimum absolute atomic E-state index is 0.0541. The molecular weight excluding hydrogens is 586 g/mol. The Morgan fingerprint density at radius 2 is 1.83 bits per heavy atom. The first-order valence-electron chi connectivity index (χ1n) is 11.6. The quantitative estimate of drug-likeness (QED) is 0.197. The molecular formula is C28H27Br2N3O3. The van der Waals surface area contributed by atoms with Crippen LogP contribution in [0.15, 0.2) is 73.4 Å². The lowest BCUT2D eigenvalue weighted by Crippen LogP contribution is -2.23. The lowest BCUT2D eigenvalue weighted by Gasteiger charge is -2.15. The molecule has 0 N–H and O–H groups in total. The Bertz CT molecular complexity index is 1480. The molecule has 3 aromatic carbocycles. The smallest absolute Gasteiger partial charge is 0.282 e. The molecule has 4 rings (SSSR count). The van der Waals surface area contributed by atoms with Gasteiger partial charge < -0.3 is 9.47 Å². The van der Waals surface area contributed by atoms with Crippen molar-refractivity contribution in [2.75, 3.05) is 7.11 Å². The number of nitrogens with zero attached hydrogens (tertiary/aromatic N) is 3. The van der Waals surface area contributed by atoms with Crippen LogP contribution in [0, 0.1) is 6.92 Å². The van der Waals surface area contributed by atoms with Gasteiger partial charge in [0.25, 0.3) is 5.56 Å². The lowest BCUT2D eigenvalue weighted by molar-refractivity contribution is 0.284. The molecule has 0 spiro atoms. The van der Waals surface area contributed by atoms with Gasteiger partial charge in [-0.2, -0.15) is 9.78 Å². The van der Waals surface area contributed by atoms with Gasteiger partial charge in [0.15, 0.2) is 11.5 Å². The number of ether oxygens (including phenoxy) is 2. The van der Waals surface area contributed by atoms with Crippen LogP contribution < -0.4 is 15.0 Å². The molecule has 0 fully saturated rings. The van der Waals surface area contributed by atoms with Crippen molar-refractivity contribution < 1.29 is 9.47 Å². The topological polar surface area (TPSA) is 65.7 Å². The van der Waals surface area contributed by atoms with Gasteiger partial charge in [-0.05, 0) is 65.2 Å². The van der Waals surface area contributed by atoms with Crippen LogP contribution in [0.25, 0.3) is 10.9 Å². The van der Waals surface area contributed by atoms with Crippen molar-refractivity contribution in [1.82, 2.24) is 9.66 Å². The number of hydrogen-bond donors (Lipinski definition) is 0. The Morgan fingerprint density at radius 3 is 2.53 bits per heavy atom. The van der Waals surface area contributed by atoms with Gasteiger partial charge in [0.05, 0.1) is 24.2 Å². The van der Waals surface area contributed by atoms with Crippen molar-refractivity contribution in [2.45, 2.75) is 39.7 Å². The number of fused-ring (bicyclic) bond motifs is 1. The molecule has 0 saturated carbocycles. The van der Waals surface area contributed by atoms with Crippen LogP contribution in [0.1, 0.15) is 48.7 Å². The molecule has 1 atom stereocenters. The van der Waals surface area contributed by atoms with Crippen molar-refractivity contribution >= 4 is 49.0 Å². The molecule has 0 saturated heterocycles. The van der Waals surface area contributed by atoms with Crippen molar-refractivity contribution in [3.05, 3.63) is 96.4 Å². The Balaban J connectivity index is 1.69. The first-order valence-corrected chi connectivity index (χ1v) is 13.2. The molecule has 0 unspecified atom stereocenters. The van der Waals surface area contributed by atoms with E-state index < -0.39 is 0 Å². The van der Waals surface area contributed by atoms with Gasteiger partial charge in [-0.1, -0.05) is 59.6 Å². The monoisotopic (exact) mass is 611 g/mol. The standard InChI is InChI=1S/C28H27Br2N3O3/c1-5-18(3)27-32-24-11-10-21(29)13-22(24)28(34)33(27)31-15-20-12-25(35-4)26(14-23(20)30)36-16-19-8-6-17(2)7-9-19/h6-15,18H,5,16H2,1-4H3/t18-/m1/s1. The molecule has 0 bridgehead atoms. The summed E-state index contributed by atoms with van der Waals surface area (Å²) < 4.78 is 14.6. The zero-order valence-corrected chi connectivity index (χ0v) is 23.8. The van der Waals surface area contributed by atoms with E-state index in [9.17, 15) is 4.79 Å². The minimum Gasteiger partial charge on any atom is -0.493 e. The average Bonchev–Trinajstić information content (AvgIpc) is 2.88. The van der Waals surface area contributed by atoms with Gasteiger partial charge in [0.1, 0.15) is 12.4 Å². The molecule has 186 valence electrons. The third-order valence-electron chi connectivity index (χ3n) is 6.00. The molecule has 0 amide bonds. The fourth-order valence-electron chi connectivity index (χ4n) is 3.67. The molecule has 6 nitrogen and oxygen atoms in total. The Kier molecular flexibility index (Phi) is 8.26. The average molecular weight is 613 g/mol. The normalized spacial score (nSPS) is 12.3. The summed E-state index contributed by atoms with van der Waals surface area (Å²) in [5.74, 6) is 1.85. The minimum atomic E-state index is -0.214. The molecule has 0 aliphatic heterocycles. The van der Waals surface area contributed by atoms with Crippen LogP contribution in [0.2, 0.25) is 0 Å². The second kappa shape index (κ2) is 11.4. The summed E-state index contributed by atoms with van der Waals surface area (Å²) in [6, 6.07) is 17.4. The van der Waals surface area contributed by atoms with E-state index in [1.54, 1.807) is 19.4 Å². The van der Waals surface area contributed by atoms with Gasteiger partial charge in [-0.25, -0.2) is 4.98 Å². The van der Waals surface area contributed by atoms with E-state index in [0.29, 0.717) is 34.8 Å². The molecule has 36 heavy (non-hydrogen) atoms. The third kappa shape index (κ3) is 5.71. The van der Waals surface area contributed by atoms with Gasteiger partial charge >= 0.3 is 0 Å². The number of aromatic nitrogens is 2. The van der Waals surface area contributed by atoms with Crippen LogP contribution in [-0.2, 0) is 6.61 Å². The van der Waals surface area contributed by atoms with E-state index >= 15 is 0 Å². The van der Waals surface area contributed by atoms with Crippen LogP contribution >= 0.6 is 31.9 Å². The lowest BCUT2D eigenvalue weighted by atomic mass is 10.1. The Hall–Kier alpha value is -2.97. The summed E-state index contributed by atoms with van der Waals surface area (Å²) in [4.78, 5) is 18.1. The SMILES string of the molecule is CC[C@@H](C)c1nc2ccc(Br)cc2c(=O)n1N=Cc1cc(OC)c(OCc2ccc(C)cc2)cc1Br. The fraction of sp³-hybridized carbons (Fsp3) is 0.250. The second-order valence-corrected chi connectivity index (χ2v) is 10.4. The predicted octanol–water partition coefficient (Wildman–Crippen LogP) is 7.21. The molecule has 1 heterocycles. The van der Waals surface area contributed by atoms with Crippen LogP contribution in [-0.4, -0.2) is 23.0 Å². The van der Waals surface area contributed by atoms with Crippen LogP contribution in [0.5, 0.6) is 11.5 Å². The number of aryl methyl sites for hydroxylation is 1. The van der Waals surface area contributed by atoms with Crippen LogP contribution in [0.3, 0.4) is 0 Å². The summed E-state index contributed by atoms with van der Waals surface area (Å²) in [6.45, 7) is 6.57. The second-order valence-electron chi connectivity index (χ2n) is 8.60. The van der Waals surface area contributed by atoms with Crippen molar-refractivity contribution in [3.63, 3.8) is 0 Å². The van der Waals surface area contributed by atoms with Crippen molar-refractivity contribution in [3.8, 4) is 11.5 Å². The third-order valence-corrected chi connectivity index (χ3v) is 7.18. The van der Waals surface area contributed by atoms with E-state index in [4.69, 9.17) is 14.5 Å². The maximum absolute atomic E-state index is 13.4. The number of methoxy groups -OCH3 is 1. The summed E-state index contributed by atoms with van der Waals surface area (Å²) in [6.07, 6.45) is 2.46. The van der Waals surface area contributed by atoms with Crippen molar-refractivity contribution in [1.29, 1.82) is 0 Å². The van der Waals surface area contributed by atoms with Gasteiger partial charge in [-0.3, -0.25) is 4.79 Å². The van der Waals surface area contributed by atoms with E-state index in [0.717, 1.165) is 26.5 Å². The number of benzene rings is 3. The first-order chi connectivity index (χ1) is 17.3. The highest BCUT2D eigenvalue weighted by Gasteiger charge is 2.16. The zero-order valence-electron chi connectivity index (χ0n) is 20.6. The molecule has 0 aliphatic rings. The first kappa shape index (κ1) is 26.1. The molecule has 0 radical (unpaired) electrons. The van der Waals surface area contributed by atoms with Gasteiger partial charge in [0.2, 0.25) is 0 Å². The Labute approximate surface area is 227 Å². The highest BCUT2D eigenvalue weighted by molar-refractivity contribution is 9.10. The molecule has 8 heteroatoms. The summed E-state index contributed by atoms with van der Waals surface area (Å²) >= 11 is 7.06. The molecule has 1 aromatic heterocycles. The largest absolute Gasteiger partial charge is 0.493 e. The maximum atomic E-state index is 13.4. The molecule has 4 aromatic rings. The van der Waals surface area contributed by atoms with E-state index in [-0.39, 0.29) is 11.5 Å². The highest BCUT2D eigenvalue weighted by Crippen LogP contribution is 2.33. The van der Waals surface area contributed by atoms with E-state index in [2.05, 4.69) is 62.9 Å².